The summed E-state index contributed by atoms with van der Waals surface area (Å²) >= 11 is 6.05. The van der Waals surface area contributed by atoms with Gasteiger partial charge >= 0.3 is 0 Å². The average molecular weight is 319 g/mol. The molecule has 1 saturated carbocycles. The van der Waals surface area contributed by atoms with Crippen LogP contribution in [-0.2, 0) is 4.74 Å². The number of hydrogen-bond acceptors (Lipinski definition) is 4. The van der Waals surface area contributed by atoms with Crippen molar-refractivity contribution in [2.75, 3.05) is 6.61 Å². The van der Waals surface area contributed by atoms with E-state index in [4.69, 9.17) is 21.1 Å². The fraction of sp³-hybridized carbons (Fsp3) is 0.412. The maximum Gasteiger partial charge on any atom is 0.223 e. The molecule has 1 fully saturated rings. The summed E-state index contributed by atoms with van der Waals surface area (Å²) in [6, 6.07) is 1.80. The van der Waals surface area contributed by atoms with Crippen LogP contribution in [0.4, 0.5) is 0 Å². The minimum atomic E-state index is 0.238. The lowest BCUT2D eigenvalue weighted by Gasteiger charge is -2.32. The van der Waals surface area contributed by atoms with Gasteiger partial charge in [0.15, 0.2) is 0 Å². The van der Waals surface area contributed by atoms with Gasteiger partial charge in [0.1, 0.15) is 17.0 Å². The molecule has 0 unspecified atom stereocenters. The van der Waals surface area contributed by atoms with Crippen LogP contribution in [-0.4, -0.2) is 22.7 Å². The summed E-state index contributed by atoms with van der Waals surface area (Å²) < 4.78 is 11.5. The first-order valence-electron chi connectivity index (χ1n) is 7.51. The highest BCUT2D eigenvalue weighted by molar-refractivity contribution is 6.30. The van der Waals surface area contributed by atoms with E-state index in [1.807, 2.05) is 6.92 Å². The second-order valence-electron chi connectivity index (χ2n) is 5.70. The van der Waals surface area contributed by atoms with E-state index in [0.717, 1.165) is 35.1 Å². The lowest BCUT2D eigenvalue weighted by molar-refractivity contribution is 0.0711. The SMILES string of the molecule is C=C(OCC)c1cnc(OC2CC(C)C2)c2cnc(Cl)cc12. The van der Waals surface area contributed by atoms with Crippen molar-refractivity contribution < 1.29 is 9.47 Å². The Labute approximate surface area is 135 Å². The zero-order chi connectivity index (χ0) is 15.7. The van der Waals surface area contributed by atoms with Gasteiger partial charge in [0, 0.05) is 23.3 Å². The van der Waals surface area contributed by atoms with Crippen LogP contribution in [0.25, 0.3) is 16.5 Å². The summed E-state index contributed by atoms with van der Waals surface area (Å²) in [4.78, 5) is 8.60. The summed E-state index contributed by atoms with van der Waals surface area (Å²) in [5.41, 5.74) is 0.815. The molecule has 5 heteroatoms. The van der Waals surface area contributed by atoms with Crippen LogP contribution in [0.2, 0.25) is 5.15 Å². The van der Waals surface area contributed by atoms with Gasteiger partial charge in [-0.15, -0.1) is 0 Å². The van der Waals surface area contributed by atoms with Gasteiger partial charge in [0.2, 0.25) is 5.88 Å². The van der Waals surface area contributed by atoms with Gasteiger partial charge in [-0.3, -0.25) is 0 Å². The maximum atomic E-state index is 6.05. The number of fused-ring (bicyclic) bond motifs is 1. The number of nitrogens with zero attached hydrogens (tertiary/aromatic N) is 2. The molecular weight excluding hydrogens is 300 g/mol. The van der Waals surface area contributed by atoms with Gasteiger partial charge in [-0.25, -0.2) is 9.97 Å². The smallest absolute Gasteiger partial charge is 0.223 e. The highest BCUT2D eigenvalue weighted by Crippen LogP contribution is 2.35. The number of hydrogen-bond donors (Lipinski definition) is 0. The van der Waals surface area contributed by atoms with E-state index in [2.05, 4.69) is 23.5 Å². The Balaban J connectivity index is 2.01. The summed E-state index contributed by atoms with van der Waals surface area (Å²) in [6.07, 6.45) is 5.80. The Hall–Kier alpha value is -1.81. The fourth-order valence-electron chi connectivity index (χ4n) is 2.74. The molecule has 2 aromatic rings. The monoisotopic (exact) mass is 318 g/mol. The van der Waals surface area contributed by atoms with Crippen molar-refractivity contribution in [3.63, 3.8) is 0 Å². The van der Waals surface area contributed by atoms with Gasteiger partial charge in [-0.05, 0) is 31.7 Å². The van der Waals surface area contributed by atoms with Crippen LogP contribution in [0.1, 0.15) is 32.3 Å². The molecule has 2 aromatic heterocycles. The molecule has 0 bridgehead atoms. The predicted octanol–water partition coefficient (Wildman–Crippen LogP) is 4.47. The highest BCUT2D eigenvalue weighted by Gasteiger charge is 2.28. The minimum Gasteiger partial charge on any atom is -0.494 e. The zero-order valence-corrected chi connectivity index (χ0v) is 13.6. The van der Waals surface area contributed by atoms with Crippen molar-refractivity contribution in [2.24, 2.45) is 5.92 Å². The normalized spacial score (nSPS) is 20.5. The Bertz CT molecular complexity index is 711. The summed E-state index contributed by atoms with van der Waals surface area (Å²) in [7, 11) is 0. The van der Waals surface area contributed by atoms with Crippen LogP contribution in [0, 0.1) is 5.92 Å². The van der Waals surface area contributed by atoms with Crippen molar-refractivity contribution in [3.8, 4) is 5.88 Å². The fourth-order valence-corrected chi connectivity index (χ4v) is 2.89. The summed E-state index contributed by atoms with van der Waals surface area (Å²) in [5.74, 6) is 1.90. The van der Waals surface area contributed by atoms with Crippen LogP contribution in [0.5, 0.6) is 5.88 Å². The summed E-state index contributed by atoms with van der Waals surface area (Å²) in [5, 5.41) is 2.16. The van der Waals surface area contributed by atoms with Gasteiger partial charge in [0.25, 0.3) is 0 Å². The van der Waals surface area contributed by atoms with E-state index in [9.17, 15) is 0 Å². The lowest BCUT2D eigenvalue weighted by Crippen LogP contribution is -2.32. The van der Waals surface area contributed by atoms with Gasteiger partial charge in [-0.2, -0.15) is 0 Å². The molecule has 2 heterocycles. The average Bonchev–Trinajstić information content (AvgIpc) is 2.45. The third-order valence-electron chi connectivity index (χ3n) is 3.93. The van der Waals surface area contributed by atoms with E-state index in [1.165, 1.54) is 0 Å². The van der Waals surface area contributed by atoms with E-state index >= 15 is 0 Å². The molecule has 0 aliphatic heterocycles. The topological polar surface area (TPSA) is 44.2 Å². The maximum absolute atomic E-state index is 6.05. The number of ether oxygens (including phenoxy) is 2. The minimum absolute atomic E-state index is 0.238. The first-order chi connectivity index (χ1) is 10.6. The third kappa shape index (κ3) is 2.88. The number of aromatic nitrogens is 2. The molecule has 0 N–H and O–H groups in total. The van der Waals surface area contributed by atoms with Crippen LogP contribution < -0.4 is 4.74 Å². The molecule has 0 spiro atoms. The van der Waals surface area contributed by atoms with Crippen molar-refractivity contribution >= 4 is 28.1 Å². The first-order valence-corrected chi connectivity index (χ1v) is 7.89. The largest absolute Gasteiger partial charge is 0.494 e. The molecule has 0 radical (unpaired) electrons. The third-order valence-corrected chi connectivity index (χ3v) is 4.14. The molecule has 0 saturated heterocycles. The molecule has 0 amide bonds. The number of pyridine rings is 2. The molecular formula is C17H19ClN2O2. The van der Waals surface area contributed by atoms with Crippen molar-refractivity contribution in [2.45, 2.75) is 32.8 Å². The quantitative estimate of drug-likeness (QED) is 0.602. The standard InChI is InChI=1S/C17H19ClN2O2/c1-4-21-11(3)14-8-20-17(22-12-5-10(2)6-12)15-9-19-16(18)7-13(14)15/h7-10,12H,3-6H2,1-2H3. The first kappa shape index (κ1) is 15.1. The van der Waals surface area contributed by atoms with E-state index in [-0.39, 0.29) is 6.10 Å². The Morgan fingerprint density at radius 2 is 2.09 bits per heavy atom. The molecule has 1 aliphatic carbocycles. The van der Waals surface area contributed by atoms with Crippen molar-refractivity contribution in [3.05, 3.63) is 35.8 Å². The molecule has 0 atom stereocenters. The van der Waals surface area contributed by atoms with Crippen LogP contribution >= 0.6 is 11.6 Å². The van der Waals surface area contributed by atoms with Crippen molar-refractivity contribution in [1.29, 1.82) is 0 Å². The number of rotatable bonds is 5. The lowest BCUT2D eigenvalue weighted by atomic mass is 9.84. The second-order valence-corrected chi connectivity index (χ2v) is 6.09. The molecule has 1 aliphatic rings. The molecule has 0 aromatic carbocycles. The molecule has 116 valence electrons. The van der Waals surface area contributed by atoms with E-state index in [1.54, 1.807) is 18.5 Å². The van der Waals surface area contributed by atoms with Crippen molar-refractivity contribution in [1.82, 2.24) is 9.97 Å². The Kier molecular flexibility index (Phi) is 4.21. The second kappa shape index (κ2) is 6.13. The van der Waals surface area contributed by atoms with Gasteiger partial charge in [-0.1, -0.05) is 25.1 Å². The van der Waals surface area contributed by atoms with E-state index in [0.29, 0.717) is 23.4 Å². The molecule has 3 rings (SSSR count). The van der Waals surface area contributed by atoms with Crippen LogP contribution in [0.3, 0.4) is 0 Å². The zero-order valence-electron chi connectivity index (χ0n) is 12.8. The van der Waals surface area contributed by atoms with Gasteiger partial charge in [0.05, 0.1) is 12.0 Å². The van der Waals surface area contributed by atoms with Gasteiger partial charge < -0.3 is 9.47 Å². The number of halogens is 1. The highest BCUT2D eigenvalue weighted by atomic mass is 35.5. The van der Waals surface area contributed by atoms with E-state index < -0.39 is 0 Å². The predicted molar refractivity (Wildman–Crippen MR) is 88.0 cm³/mol. The summed E-state index contributed by atoms with van der Waals surface area (Å²) in [6.45, 7) is 8.65. The Morgan fingerprint density at radius 3 is 2.77 bits per heavy atom. The molecule has 22 heavy (non-hydrogen) atoms. The Morgan fingerprint density at radius 1 is 1.32 bits per heavy atom. The molecule has 4 nitrogen and oxygen atoms in total. The van der Waals surface area contributed by atoms with Crippen LogP contribution in [0.15, 0.2) is 25.0 Å².